The molecule has 0 aliphatic heterocycles. The minimum Gasteiger partial charge on any atom is -0.481 e. The number of primary amides is 1. The van der Waals surface area contributed by atoms with Gasteiger partial charge in [-0.1, -0.05) is 28.1 Å². The predicted octanol–water partition coefficient (Wildman–Crippen LogP) is 2.06. The molecule has 0 saturated carbocycles. The lowest BCUT2D eigenvalue weighted by molar-refractivity contribution is -0.139. The van der Waals surface area contributed by atoms with Gasteiger partial charge in [-0.3, -0.25) is 4.79 Å². The van der Waals surface area contributed by atoms with Crippen LogP contribution in [0.2, 0.25) is 0 Å². The maximum atomic E-state index is 10.6. The lowest BCUT2D eigenvalue weighted by Crippen LogP contribution is -2.19. The smallest absolute Gasteiger partial charge is 0.405 e. The van der Waals surface area contributed by atoms with Crippen molar-refractivity contribution in [1.29, 1.82) is 0 Å². The Morgan fingerprint density at radius 2 is 1.94 bits per heavy atom. The Morgan fingerprint density at radius 1 is 1.38 bits per heavy atom. The third-order valence-corrected chi connectivity index (χ3v) is 2.39. The van der Waals surface area contributed by atoms with E-state index in [4.69, 9.17) is 15.6 Å². The topological polar surface area (TPSA) is 89.6 Å². The molecule has 86 valence electrons. The van der Waals surface area contributed by atoms with Crippen molar-refractivity contribution >= 4 is 28.0 Å². The van der Waals surface area contributed by atoms with Gasteiger partial charge in [0.25, 0.3) is 0 Å². The van der Waals surface area contributed by atoms with Crippen LogP contribution in [0.3, 0.4) is 0 Å². The summed E-state index contributed by atoms with van der Waals surface area (Å²) >= 11 is 3.25. The third kappa shape index (κ3) is 3.90. The van der Waals surface area contributed by atoms with E-state index in [1.807, 2.05) is 0 Å². The first-order valence-corrected chi connectivity index (χ1v) is 5.21. The van der Waals surface area contributed by atoms with Gasteiger partial charge in [-0.05, 0) is 17.7 Å². The number of carbonyl (C=O) groups excluding carboxylic acids is 1. The van der Waals surface area contributed by atoms with Crippen LogP contribution in [0.4, 0.5) is 4.79 Å². The van der Waals surface area contributed by atoms with Gasteiger partial charge in [-0.2, -0.15) is 0 Å². The molecule has 1 atom stereocenters. The number of carbonyl (C=O) groups is 2. The summed E-state index contributed by atoms with van der Waals surface area (Å²) in [5.41, 5.74) is 5.46. The molecular formula is C10H10BrNO4. The number of hydrogen-bond acceptors (Lipinski definition) is 3. The van der Waals surface area contributed by atoms with Crippen LogP contribution < -0.4 is 5.73 Å². The fourth-order valence-corrected chi connectivity index (χ4v) is 1.47. The van der Waals surface area contributed by atoms with Crippen molar-refractivity contribution < 1.29 is 19.4 Å². The highest BCUT2D eigenvalue weighted by Crippen LogP contribution is 2.23. The number of aliphatic carboxylic acids is 1. The molecule has 0 aliphatic rings. The molecule has 0 fully saturated rings. The maximum absolute atomic E-state index is 10.6. The molecule has 3 N–H and O–H groups in total. The van der Waals surface area contributed by atoms with Gasteiger partial charge in [0.1, 0.15) is 6.10 Å². The summed E-state index contributed by atoms with van der Waals surface area (Å²) in [5, 5.41) is 8.67. The van der Waals surface area contributed by atoms with E-state index in [2.05, 4.69) is 15.9 Å². The lowest BCUT2D eigenvalue weighted by atomic mass is 10.1. The normalized spacial score (nSPS) is 11.8. The van der Waals surface area contributed by atoms with Gasteiger partial charge in [0.2, 0.25) is 0 Å². The van der Waals surface area contributed by atoms with Gasteiger partial charge in [-0.25, -0.2) is 4.79 Å². The number of nitrogens with two attached hydrogens (primary N) is 1. The van der Waals surface area contributed by atoms with E-state index in [0.717, 1.165) is 4.47 Å². The Hall–Kier alpha value is -1.56. The van der Waals surface area contributed by atoms with Crippen LogP contribution in [0.5, 0.6) is 0 Å². The Balaban J connectivity index is 2.86. The zero-order valence-corrected chi connectivity index (χ0v) is 9.81. The zero-order chi connectivity index (χ0) is 12.1. The van der Waals surface area contributed by atoms with E-state index in [1.165, 1.54) is 0 Å². The minimum absolute atomic E-state index is 0.315. The largest absolute Gasteiger partial charge is 0.481 e. The number of carboxylic acid groups (broad SMARTS) is 1. The molecule has 0 saturated heterocycles. The summed E-state index contributed by atoms with van der Waals surface area (Å²) in [4.78, 5) is 21.2. The molecule has 0 bridgehead atoms. The summed E-state index contributed by atoms with van der Waals surface area (Å²) in [5.74, 6) is -1.06. The quantitative estimate of drug-likeness (QED) is 0.887. The molecule has 1 amide bonds. The minimum atomic E-state index is -1.06. The first-order chi connectivity index (χ1) is 7.49. The van der Waals surface area contributed by atoms with Crippen molar-refractivity contribution in [2.45, 2.75) is 12.5 Å². The van der Waals surface area contributed by atoms with Gasteiger partial charge >= 0.3 is 12.1 Å². The molecule has 1 aromatic rings. The molecule has 0 heterocycles. The van der Waals surface area contributed by atoms with Crippen LogP contribution in [0, 0.1) is 0 Å². The molecular weight excluding hydrogens is 278 g/mol. The molecule has 0 spiro atoms. The van der Waals surface area contributed by atoms with Gasteiger partial charge in [-0.15, -0.1) is 0 Å². The SMILES string of the molecule is NC(=O)OC(CC(=O)O)c1ccc(Br)cc1. The van der Waals surface area contributed by atoms with Crippen molar-refractivity contribution in [3.8, 4) is 0 Å². The maximum Gasteiger partial charge on any atom is 0.405 e. The Bertz CT molecular complexity index is 374. The average molecular weight is 288 g/mol. The van der Waals surface area contributed by atoms with Gasteiger partial charge in [0, 0.05) is 4.47 Å². The van der Waals surface area contributed by atoms with Crippen LogP contribution in [0.15, 0.2) is 28.7 Å². The zero-order valence-electron chi connectivity index (χ0n) is 8.22. The van der Waals surface area contributed by atoms with Crippen molar-refractivity contribution in [2.75, 3.05) is 0 Å². The number of benzene rings is 1. The number of carboxylic acids is 1. The second kappa shape index (κ2) is 5.50. The van der Waals surface area contributed by atoms with Crippen molar-refractivity contribution in [3.63, 3.8) is 0 Å². The van der Waals surface area contributed by atoms with Crippen LogP contribution in [0.1, 0.15) is 18.1 Å². The van der Waals surface area contributed by atoms with Gasteiger partial charge in [0.05, 0.1) is 6.42 Å². The molecule has 1 aromatic carbocycles. The molecule has 0 aliphatic carbocycles. The highest BCUT2D eigenvalue weighted by molar-refractivity contribution is 9.10. The first-order valence-electron chi connectivity index (χ1n) is 4.42. The second-order valence-electron chi connectivity index (χ2n) is 3.07. The molecule has 0 aromatic heterocycles. The first kappa shape index (κ1) is 12.5. The average Bonchev–Trinajstić information content (AvgIpc) is 2.16. The molecule has 5 nitrogen and oxygen atoms in total. The van der Waals surface area contributed by atoms with E-state index in [-0.39, 0.29) is 6.42 Å². The standard InChI is InChI=1S/C10H10BrNO4/c11-7-3-1-6(2-4-7)8(5-9(13)14)16-10(12)15/h1-4,8H,5H2,(H2,12,15)(H,13,14). The number of ether oxygens (including phenoxy) is 1. The Morgan fingerprint density at radius 3 is 2.38 bits per heavy atom. The monoisotopic (exact) mass is 287 g/mol. The number of rotatable bonds is 4. The van der Waals surface area contributed by atoms with Gasteiger partial charge < -0.3 is 15.6 Å². The molecule has 0 radical (unpaired) electrons. The molecule has 16 heavy (non-hydrogen) atoms. The third-order valence-electron chi connectivity index (χ3n) is 1.86. The lowest BCUT2D eigenvalue weighted by Gasteiger charge is -2.14. The van der Waals surface area contributed by atoms with E-state index in [0.29, 0.717) is 5.56 Å². The van der Waals surface area contributed by atoms with E-state index in [9.17, 15) is 9.59 Å². The van der Waals surface area contributed by atoms with Crippen molar-refractivity contribution in [3.05, 3.63) is 34.3 Å². The summed E-state index contributed by atoms with van der Waals surface area (Å²) in [7, 11) is 0. The number of hydrogen-bond donors (Lipinski definition) is 2. The van der Waals surface area contributed by atoms with Crippen molar-refractivity contribution in [2.24, 2.45) is 5.73 Å². The van der Waals surface area contributed by atoms with E-state index < -0.39 is 18.2 Å². The summed E-state index contributed by atoms with van der Waals surface area (Å²) < 4.78 is 5.58. The van der Waals surface area contributed by atoms with Crippen LogP contribution in [-0.4, -0.2) is 17.2 Å². The summed E-state index contributed by atoms with van der Waals surface area (Å²) in [6.45, 7) is 0. The Labute approximate surface area is 100 Å². The number of halogens is 1. The van der Waals surface area contributed by atoms with Crippen LogP contribution in [0.25, 0.3) is 0 Å². The summed E-state index contributed by atoms with van der Waals surface area (Å²) in [6, 6.07) is 6.80. The molecule has 1 rings (SSSR count). The van der Waals surface area contributed by atoms with Crippen LogP contribution in [-0.2, 0) is 9.53 Å². The van der Waals surface area contributed by atoms with Crippen LogP contribution >= 0.6 is 15.9 Å². The Kier molecular flexibility index (Phi) is 4.30. The van der Waals surface area contributed by atoms with E-state index >= 15 is 0 Å². The van der Waals surface area contributed by atoms with Crippen molar-refractivity contribution in [1.82, 2.24) is 0 Å². The predicted molar refractivity (Wildman–Crippen MR) is 59.8 cm³/mol. The fraction of sp³-hybridized carbons (Fsp3) is 0.200. The number of amides is 1. The second-order valence-corrected chi connectivity index (χ2v) is 3.99. The molecule has 6 heteroatoms. The highest BCUT2D eigenvalue weighted by Gasteiger charge is 2.18. The molecule has 1 unspecified atom stereocenters. The van der Waals surface area contributed by atoms with Gasteiger partial charge in [0.15, 0.2) is 0 Å². The fourth-order valence-electron chi connectivity index (χ4n) is 1.20. The summed E-state index contributed by atoms with van der Waals surface area (Å²) in [6.07, 6.45) is -2.16. The highest BCUT2D eigenvalue weighted by atomic mass is 79.9. The van der Waals surface area contributed by atoms with E-state index in [1.54, 1.807) is 24.3 Å².